The van der Waals surface area contributed by atoms with Gasteiger partial charge in [0, 0.05) is 11.4 Å². The van der Waals surface area contributed by atoms with Gasteiger partial charge in [0.05, 0.1) is 10.0 Å². The molecule has 0 aliphatic heterocycles. The van der Waals surface area contributed by atoms with E-state index in [2.05, 4.69) is 10.6 Å². The number of nitriles is 1. The molecule has 0 aliphatic carbocycles. The molecular weight excluding hydrogens is 461 g/mol. The van der Waals surface area contributed by atoms with Crippen LogP contribution in [0.15, 0.2) is 72.3 Å². The number of rotatable bonds is 7. The summed E-state index contributed by atoms with van der Waals surface area (Å²) in [5, 5.41) is 15.5. The van der Waals surface area contributed by atoms with E-state index in [1.165, 1.54) is 6.08 Å². The summed E-state index contributed by atoms with van der Waals surface area (Å²) in [6.45, 7) is 1.74. The minimum atomic E-state index is -0.499. The number of carbonyl (C=O) groups is 2. The number of benzene rings is 3. The van der Waals surface area contributed by atoms with Crippen molar-refractivity contribution < 1.29 is 14.3 Å². The summed E-state index contributed by atoms with van der Waals surface area (Å²) in [7, 11) is 0. The Bertz CT molecular complexity index is 1230. The maximum Gasteiger partial charge on any atom is 0.266 e. The second-order valence-electron chi connectivity index (χ2n) is 7.02. The zero-order chi connectivity index (χ0) is 23.8. The van der Waals surface area contributed by atoms with Crippen LogP contribution >= 0.6 is 23.2 Å². The van der Waals surface area contributed by atoms with Crippen LogP contribution in [0.5, 0.6) is 5.75 Å². The van der Waals surface area contributed by atoms with Gasteiger partial charge >= 0.3 is 0 Å². The Morgan fingerprint density at radius 3 is 2.24 bits per heavy atom. The highest BCUT2D eigenvalue weighted by atomic mass is 35.5. The summed E-state index contributed by atoms with van der Waals surface area (Å²) >= 11 is 11.8. The van der Waals surface area contributed by atoms with E-state index in [1.807, 2.05) is 25.1 Å². The van der Waals surface area contributed by atoms with Gasteiger partial charge in [-0.15, -0.1) is 0 Å². The minimum Gasteiger partial charge on any atom is -0.484 e. The molecule has 33 heavy (non-hydrogen) atoms. The Morgan fingerprint density at radius 1 is 0.939 bits per heavy atom. The second-order valence-corrected chi connectivity index (χ2v) is 7.84. The number of anilines is 2. The van der Waals surface area contributed by atoms with E-state index in [9.17, 15) is 14.9 Å². The van der Waals surface area contributed by atoms with E-state index in [0.29, 0.717) is 32.7 Å². The molecular formula is C25H19Cl2N3O3. The minimum absolute atomic E-state index is 0.0368. The van der Waals surface area contributed by atoms with Gasteiger partial charge in [-0.2, -0.15) is 5.26 Å². The van der Waals surface area contributed by atoms with Gasteiger partial charge in [0.2, 0.25) is 0 Å². The molecule has 0 aliphatic rings. The van der Waals surface area contributed by atoms with Gasteiger partial charge in [-0.1, -0.05) is 53.0 Å². The molecule has 0 aromatic heterocycles. The van der Waals surface area contributed by atoms with Gasteiger partial charge < -0.3 is 15.4 Å². The number of nitrogens with one attached hydrogen (secondary N) is 2. The lowest BCUT2D eigenvalue weighted by atomic mass is 10.1. The van der Waals surface area contributed by atoms with Crippen molar-refractivity contribution in [1.82, 2.24) is 0 Å². The Kier molecular flexibility index (Phi) is 8.09. The smallest absolute Gasteiger partial charge is 0.266 e. The van der Waals surface area contributed by atoms with Gasteiger partial charge in [-0.3, -0.25) is 9.59 Å². The zero-order valence-corrected chi connectivity index (χ0v) is 19.1. The Morgan fingerprint density at radius 2 is 1.61 bits per heavy atom. The van der Waals surface area contributed by atoms with Crippen LogP contribution in [-0.2, 0) is 9.59 Å². The normalized spacial score (nSPS) is 10.8. The number of hydrogen-bond donors (Lipinski definition) is 2. The lowest BCUT2D eigenvalue weighted by Crippen LogP contribution is -2.20. The molecule has 0 saturated heterocycles. The molecule has 6 nitrogen and oxygen atoms in total. The van der Waals surface area contributed by atoms with Crippen molar-refractivity contribution in [2.24, 2.45) is 0 Å². The number of hydrogen-bond acceptors (Lipinski definition) is 4. The molecule has 0 heterocycles. The molecule has 0 bridgehead atoms. The molecule has 3 aromatic carbocycles. The number of ether oxygens (including phenoxy) is 1. The van der Waals surface area contributed by atoms with Crippen molar-refractivity contribution in [1.29, 1.82) is 5.26 Å². The molecule has 0 spiro atoms. The lowest BCUT2D eigenvalue weighted by molar-refractivity contribution is -0.118. The molecule has 8 heteroatoms. The van der Waals surface area contributed by atoms with Crippen LogP contribution in [0.1, 0.15) is 11.1 Å². The fourth-order valence-corrected chi connectivity index (χ4v) is 3.03. The van der Waals surface area contributed by atoms with Crippen molar-refractivity contribution in [2.75, 3.05) is 17.2 Å². The van der Waals surface area contributed by atoms with Gasteiger partial charge in [0.1, 0.15) is 17.4 Å². The predicted molar refractivity (Wildman–Crippen MR) is 130 cm³/mol. The Balaban J connectivity index is 1.56. The highest BCUT2D eigenvalue weighted by molar-refractivity contribution is 6.42. The molecule has 3 aromatic rings. The number of nitrogens with zero attached hydrogens (tertiary/aromatic N) is 1. The molecule has 0 radical (unpaired) electrons. The van der Waals surface area contributed by atoms with E-state index in [1.54, 1.807) is 54.6 Å². The predicted octanol–water partition coefficient (Wildman–Crippen LogP) is 5.87. The van der Waals surface area contributed by atoms with Crippen molar-refractivity contribution in [2.45, 2.75) is 6.92 Å². The average molecular weight is 480 g/mol. The van der Waals surface area contributed by atoms with Gasteiger partial charge in [-0.25, -0.2) is 0 Å². The fourth-order valence-electron chi connectivity index (χ4n) is 2.73. The largest absolute Gasteiger partial charge is 0.484 e. The summed E-state index contributed by atoms with van der Waals surface area (Å²) in [6.07, 6.45) is 1.48. The summed E-state index contributed by atoms with van der Waals surface area (Å²) < 4.78 is 5.48. The van der Waals surface area contributed by atoms with Crippen molar-refractivity contribution >= 4 is 52.5 Å². The van der Waals surface area contributed by atoms with Crippen LogP contribution < -0.4 is 15.4 Å². The summed E-state index contributed by atoms with van der Waals surface area (Å²) in [4.78, 5) is 24.5. The SMILES string of the molecule is Cc1ccc(NC(=O)/C(C#N)=C\c2ccc(OCC(=O)Nc3ccc(Cl)c(Cl)c3)cc2)cc1. The number of amides is 2. The maximum absolute atomic E-state index is 12.4. The van der Waals surface area contributed by atoms with Crippen LogP contribution in [0, 0.1) is 18.3 Å². The second kappa shape index (κ2) is 11.2. The van der Waals surface area contributed by atoms with Crippen LogP contribution in [0.4, 0.5) is 11.4 Å². The fraction of sp³-hybridized carbons (Fsp3) is 0.0800. The summed E-state index contributed by atoms with van der Waals surface area (Å²) in [6, 6.07) is 20.6. The molecule has 0 unspecified atom stereocenters. The molecule has 2 amide bonds. The van der Waals surface area contributed by atoms with Gasteiger partial charge in [-0.05, 0) is 61.0 Å². The van der Waals surface area contributed by atoms with Gasteiger partial charge in [0.15, 0.2) is 6.61 Å². The maximum atomic E-state index is 12.4. The first-order valence-electron chi connectivity index (χ1n) is 9.81. The topological polar surface area (TPSA) is 91.2 Å². The molecule has 0 saturated carbocycles. The van der Waals surface area contributed by atoms with E-state index in [0.717, 1.165) is 5.56 Å². The standard InChI is InChI=1S/C25H19Cl2N3O3/c1-16-2-6-19(7-3-16)30-25(32)18(14-28)12-17-4-9-21(10-5-17)33-15-24(31)29-20-8-11-22(26)23(27)13-20/h2-13H,15H2,1H3,(H,29,31)(H,30,32)/b18-12-. The molecule has 0 fully saturated rings. The quantitative estimate of drug-likeness (QED) is 0.327. The van der Waals surface area contributed by atoms with E-state index < -0.39 is 5.91 Å². The lowest BCUT2D eigenvalue weighted by Gasteiger charge is -2.08. The van der Waals surface area contributed by atoms with Crippen molar-refractivity contribution in [3.8, 4) is 11.8 Å². The highest BCUT2D eigenvalue weighted by Gasteiger charge is 2.10. The average Bonchev–Trinajstić information content (AvgIpc) is 2.80. The third kappa shape index (κ3) is 7.11. The van der Waals surface area contributed by atoms with E-state index >= 15 is 0 Å². The number of aryl methyl sites for hydroxylation is 1. The molecule has 166 valence electrons. The third-order valence-corrected chi connectivity index (χ3v) is 5.18. The molecule has 0 atom stereocenters. The molecule has 2 N–H and O–H groups in total. The Labute approximate surface area is 201 Å². The summed E-state index contributed by atoms with van der Waals surface area (Å²) in [5.41, 5.74) is 2.78. The molecule has 3 rings (SSSR count). The number of halogens is 2. The zero-order valence-electron chi connectivity index (χ0n) is 17.6. The first kappa shape index (κ1) is 23.9. The first-order valence-corrected chi connectivity index (χ1v) is 10.6. The van der Waals surface area contributed by atoms with E-state index in [-0.39, 0.29) is 18.1 Å². The van der Waals surface area contributed by atoms with Crippen LogP contribution in [0.3, 0.4) is 0 Å². The van der Waals surface area contributed by atoms with Crippen molar-refractivity contribution in [3.05, 3.63) is 93.5 Å². The van der Waals surface area contributed by atoms with Crippen LogP contribution in [0.2, 0.25) is 10.0 Å². The number of carbonyl (C=O) groups excluding carboxylic acids is 2. The van der Waals surface area contributed by atoms with E-state index in [4.69, 9.17) is 27.9 Å². The van der Waals surface area contributed by atoms with Crippen LogP contribution in [-0.4, -0.2) is 18.4 Å². The highest BCUT2D eigenvalue weighted by Crippen LogP contribution is 2.25. The summed E-state index contributed by atoms with van der Waals surface area (Å²) in [5.74, 6) is -0.406. The monoisotopic (exact) mass is 479 g/mol. The van der Waals surface area contributed by atoms with Crippen molar-refractivity contribution in [3.63, 3.8) is 0 Å². The first-order chi connectivity index (χ1) is 15.8. The van der Waals surface area contributed by atoms with Gasteiger partial charge in [0.25, 0.3) is 11.8 Å². The third-order valence-electron chi connectivity index (χ3n) is 4.44. The Hall–Kier alpha value is -3.79. The van der Waals surface area contributed by atoms with Crippen LogP contribution in [0.25, 0.3) is 6.08 Å².